The van der Waals surface area contributed by atoms with Gasteiger partial charge in [0, 0.05) is 38.6 Å². The highest BCUT2D eigenvalue weighted by Gasteiger charge is 2.36. The third-order valence-electron chi connectivity index (χ3n) is 9.32. The maximum absolute atomic E-state index is 5.00. The molecule has 0 radical (unpaired) electrons. The molecule has 1 aliphatic carbocycles. The highest BCUT2D eigenvalue weighted by Crippen LogP contribution is 2.51. The van der Waals surface area contributed by atoms with E-state index in [-0.39, 0.29) is 5.41 Å². The molecule has 0 unspecified atom stereocenters. The lowest BCUT2D eigenvalue weighted by molar-refractivity contribution is 0.661. The van der Waals surface area contributed by atoms with Crippen molar-refractivity contribution in [1.82, 2.24) is 19.5 Å². The summed E-state index contributed by atoms with van der Waals surface area (Å²) in [5.41, 5.74) is 11.6. The minimum absolute atomic E-state index is 0.0875. The van der Waals surface area contributed by atoms with Crippen LogP contribution in [-0.4, -0.2) is 19.5 Å². The summed E-state index contributed by atoms with van der Waals surface area (Å²) in [7, 11) is 0. The summed E-state index contributed by atoms with van der Waals surface area (Å²) >= 11 is 0. The first-order chi connectivity index (χ1) is 22.5. The van der Waals surface area contributed by atoms with Gasteiger partial charge in [-0.15, -0.1) is 0 Å². The van der Waals surface area contributed by atoms with Crippen molar-refractivity contribution in [3.05, 3.63) is 150 Å². The molecule has 0 bridgehead atoms. The molecule has 0 fully saturated rings. The molecule has 46 heavy (non-hydrogen) atoms. The Bertz CT molecular complexity index is 2360. The molecule has 0 atom stereocenters. The molecule has 0 amide bonds. The molecule has 8 rings (SSSR count). The summed E-state index contributed by atoms with van der Waals surface area (Å²) in [4.78, 5) is 14.9. The second-order valence-electron chi connectivity index (χ2n) is 12.4. The van der Waals surface area contributed by atoms with E-state index in [0.29, 0.717) is 17.5 Å². The number of hydrogen-bond acceptors (Lipinski definition) is 3. The predicted octanol–water partition coefficient (Wildman–Crippen LogP) is 10.6. The van der Waals surface area contributed by atoms with Gasteiger partial charge in [-0.05, 0) is 66.4 Å². The number of benzene rings is 5. The average Bonchev–Trinajstić information content (AvgIpc) is 3.54. The number of para-hydroxylation sites is 1. The van der Waals surface area contributed by atoms with Crippen molar-refractivity contribution in [1.29, 1.82) is 0 Å². The van der Waals surface area contributed by atoms with Gasteiger partial charge in [0.05, 0.1) is 11.0 Å². The van der Waals surface area contributed by atoms with Gasteiger partial charge in [-0.3, -0.25) is 0 Å². The Morgan fingerprint density at radius 3 is 2.13 bits per heavy atom. The first-order valence-corrected chi connectivity index (χ1v) is 15.9. The SMILES string of the molecule is C/C=C\C(=C/C)c1nc(-c2ccccc2)nc(-c2cccc(-n3c4ccccc4c4cc5c(cc43)C(C)(C)c3ccccc3-5)c2)n1. The normalized spacial score (nSPS) is 13.9. The molecule has 4 heteroatoms. The van der Waals surface area contributed by atoms with Crippen LogP contribution in [0.1, 0.15) is 44.6 Å². The van der Waals surface area contributed by atoms with Gasteiger partial charge in [0.15, 0.2) is 17.5 Å². The fraction of sp³-hybridized carbons (Fsp3) is 0.119. The van der Waals surface area contributed by atoms with Crippen molar-refractivity contribution in [2.24, 2.45) is 0 Å². The van der Waals surface area contributed by atoms with Crippen LogP contribution in [-0.2, 0) is 5.41 Å². The molecule has 2 heterocycles. The van der Waals surface area contributed by atoms with E-state index in [9.17, 15) is 0 Å². The zero-order valence-electron chi connectivity index (χ0n) is 26.5. The van der Waals surface area contributed by atoms with Crippen LogP contribution in [0.2, 0.25) is 0 Å². The molecule has 2 aromatic heterocycles. The fourth-order valence-corrected chi connectivity index (χ4v) is 7.06. The summed E-state index contributed by atoms with van der Waals surface area (Å²) in [6, 6.07) is 41.1. The molecule has 7 aromatic rings. The lowest BCUT2D eigenvalue weighted by Crippen LogP contribution is -2.14. The molecular weight excluding hydrogens is 560 g/mol. The van der Waals surface area contributed by atoms with Crippen LogP contribution in [0.5, 0.6) is 0 Å². The second-order valence-corrected chi connectivity index (χ2v) is 12.4. The summed E-state index contributed by atoms with van der Waals surface area (Å²) in [6.45, 7) is 8.70. The monoisotopic (exact) mass is 594 g/mol. The van der Waals surface area contributed by atoms with E-state index >= 15 is 0 Å². The number of fused-ring (bicyclic) bond motifs is 6. The minimum atomic E-state index is -0.0875. The Hall–Kier alpha value is -5.61. The molecule has 0 N–H and O–H groups in total. The van der Waals surface area contributed by atoms with E-state index in [2.05, 4.69) is 103 Å². The van der Waals surface area contributed by atoms with Crippen molar-refractivity contribution in [2.75, 3.05) is 0 Å². The topological polar surface area (TPSA) is 43.6 Å². The van der Waals surface area contributed by atoms with E-state index in [1.807, 2.05) is 62.4 Å². The Kier molecular flexibility index (Phi) is 6.54. The Morgan fingerprint density at radius 1 is 0.609 bits per heavy atom. The van der Waals surface area contributed by atoms with E-state index < -0.39 is 0 Å². The predicted molar refractivity (Wildman–Crippen MR) is 191 cm³/mol. The summed E-state index contributed by atoms with van der Waals surface area (Å²) < 4.78 is 2.39. The average molecular weight is 595 g/mol. The minimum Gasteiger partial charge on any atom is -0.309 e. The molecule has 4 nitrogen and oxygen atoms in total. The second kappa shape index (κ2) is 10.8. The zero-order valence-corrected chi connectivity index (χ0v) is 26.5. The van der Waals surface area contributed by atoms with Gasteiger partial charge in [-0.2, -0.15) is 0 Å². The third-order valence-corrected chi connectivity index (χ3v) is 9.32. The van der Waals surface area contributed by atoms with Gasteiger partial charge in [0.1, 0.15) is 0 Å². The molecular formula is C42H34N4. The van der Waals surface area contributed by atoms with Crippen molar-refractivity contribution in [3.8, 4) is 39.6 Å². The largest absolute Gasteiger partial charge is 0.309 e. The first kappa shape index (κ1) is 27.9. The van der Waals surface area contributed by atoms with Crippen LogP contribution >= 0.6 is 0 Å². The molecule has 0 saturated carbocycles. The first-order valence-electron chi connectivity index (χ1n) is 15.9. The van der Waals surface area contributed by atoms with Crippen LogP contribution in [0, 0.1) is 0 Å². The van der Waals surface area contributed by atoms with E-state index in [4.69, 9.17) is 15.0 Å². The van der Waals surface area contributed by atoms with Gasteiger partial charge < -0.3 is 4.57 Å². The van der Waals surface area contributed by atoms with E-state index in [1.165, 1.54) is 44.1 Å². The Morgan fingerprint density at radius 2 is 1.33 bits per heavy atom. The zero-order chi connectivity index (χ0) is 31.4. The van der Waals surface area contributed by atoms with Gasteiger partial charge >= 0.3 is 0 Å². The standard InChI is InChI=1S/C42H34N4/c1-5-15-27(6-2)39-43-40(28-16-8-7-9-17-28)45-41(44-39)29-18-14-19-30(24-29)46-37-23-13-11-21-32(37)34-25-33-31-20-10-12-22-35(31)42(3,4)36(33)26-38(34)46/h5-26H,1-4H3/b15-5-,27-6+. The molecule has 0 aliphatic heterocycles. The third kappa shape index (κ3) is 4.33. The Labute approximate surface area is 269 Å². The van der Waals surface area contributed by atoms with Crippen LogP contribution in [0.4, 0.5) is 0 Å². The highest BCUT2D eigenvalue weighted by atomic mass is 15.0. The number of hydrogen-bond donors (Lipinski definition) is 0. The maximum atomic E-state index is 5.00. The van der Waals surface area contributed by atoms with E-state index in [0.717, 1.165) is 22.4 Å². The van der Waals surface area contributed by atoms with Gasteiger partial charge in [-0.1, -0.05) is 117 Å². The lowest BCUT2D eigenvalue weighted by Gasteiger charge is -2.21. The summed E-state index contributed by atoms with van der Waals surface area (Å²) in [6.07, 6.45) is 6.10. The maximum Gasteiger partial charge on any atom is 0.164 e. The Balaban J connectivity index is 1.35. The number of nitrogens with zero attached hydrogens (tertiary/aromatic N) is 4. The highest BCUT2D eigenvalue weighted by molar-refractivity contribution is 6.11. The summed E-state index contributed by atoms with van der Waals surface area (Å²) in [5.74, 6) is 1.96. The van der Waals surface area contributed by atoms with Crippen LogP contribution in [0.15, 0.2) is 133 Å². The number of aromatic nitrogens is 4. The van der Waals surface area contributed by atoms with Crippen molar-refractivity contribution < 1.29 is 0 Å². The molecule has 0 saturated heterocycles. The quantitative estimate of drug-likeness (QED) is 0.186. The molecule has 5 aromatic carbocycles. The molecule has 1 aliphatic rings. The van der Waals surface area contributed by atoms with Crippen molar-refractivity contribution >= 4 is 27.4 Å². The summed E-state index contributed by atoms with van der Waals surface area (Å²) in [5, 5.41) is 2.50. The fourth-order valence-electron chi connectivity index (χ4n) is 7.06. The van der Waals surface area contributed by atoms with E-state index in [1.54, 1.807) is 0 Å². The van der Waals surface area contributed by atoms with Gasteiger partial charge in [0.2, 0.25) is 0 Å². The number of allylic oxidation sites excluding steroid dienone is 4. The van der Waals surface area contributed by atoms with Crippen LogP contribution in [0.25, 0.3) is 67.0 Å². The van der Waals surface area contributed by atoms with Crippen LogP contribution < -0.4 is 0 Å². The molecule has 0 spiro atoms. The smallest absolute Gasteiger partial charge is 0.164 e. The lowest BCUT2D eigenvalue weighted by atomic mass is 9.82. The van der Waals surface area contributed by atoms with Crippen LogP contribution in [0.3, 0.4) is 0 Å². The van der Waals surface area contributed by atoms with Gasteiger partial charge in [0.25, 0.3) is 0 Å². The van der Waals surface area contributed by atoms with Crippen molar-refractivity contribution in [2.45, 2.75) is 33.1 Å². The molecule has 222 valence electrons. The van der Waals surface area contributed by atoms with Gasteiger partial charge in [-0.25, -0.2) is 15.0 Å². The van der Waals surface area contributed by atoms with Crippen molar-refractivity contribution in [3.63, 3.8) is 0 Å². The number of rotatable bonds is 5.